The Labute approximate surface area is 116 Å². The van der Waals surface area contributed by atoms with Gasteiger partial charge in [-0.05, 0) is 18.9 Å². The van der Waals surface area contributed by atoms with E-state index >= 15 is 0 Å². The molecule has 0 bridgehead atoms. The Bertz CT molecular complexity index is 466. The van der Waals surface area contributed by atoms with Crippen LogP contribution in [0.15, 0.2) is 12.1 Å². The molecular weight excluding hydrogens is 269 g/mol. The smallest absolute Gasteiger partial charge is 0.161 e. The molecule has 0 aliphatic heterocycles. The fourth-order valence-corrected chi connectivity index (χ4v) is 2.43. The van der Waals surface area contributed by atoms with Crippen LogP contribution in [0.4, 0.5) is 13.2 Å². The maximum absolute atomic E-state index is 13.9. The molecule has 1 aromatic carbocycles. The molecule has 0 spiro atoms. The number of benzene rings is 1. The number of rotatable bonds is 7. The summed E-state index contributed by atoms with van der Waals surface area (Å²) in [5.74, 6) is -3.00. The van der Waals surface area contributed by atoms with Gasteiger partial charge in [0.05, 0.1) is 12.6 Å². The van der Waals surface area contributed by atoms with Gasteiger partial charge in [0.2, 0.25) is 0 Å². The summed E-state index contributed by atoms with van der Waals surface area (Å²) in [5, 5.41) is 0. The number of methoxy groups -OCH3 is 1. The fourth-order valence-electron chi connectivity index (χ4n) is 2.43. The van der Waals surface area contributed by atoms with Crippen LogP contribution in [0.5, 0.6) is 0 Å². The highest BCUT2D eigenvalue weighted by molar-refractivity contribution is 5.24. The van der Waals surface area contributed by atoms with Gasteiger partial charge in [-0.15, -0.1) is 0 Å². The van der Waals surface area contributed by atoms with Gasteiger partial charge in [0.25, 0.3) is 0 Å². The maximum Gasteiger partial charge on any atom is 0.161 e. The van der Waals surface area contributed by atoms with Gasteiger partial charge in [-0.3, -0.25) is 4.90 Å². The van der Waals surface area contributed by atoms with Gasteiger partial charge in [0.1, 0.15) is 5.82 Å². The van der Waals surface area contributed by atoms with Crippen LogP contribution in [0, 0.1) is 17.5 Å². The maximum atomic E-state index is 13.9. The van der Waals surface area contributed by atoms with E-state index in [2.05, 4.69) is 0 Å². The zero-order valence-electron chi connectivity index (χ0n) is 11.4. The van der Waals surface area contributed by atoms with Crippen molar-refractivity contribution < 1.29 is 17.9 Å². The van der Waals surface area contributed by atoms with Gasteiger partial charge in [0, 0.05) is 37.9 Å². The Morgan fingerprint density at radius 1 is 1.25 bits per heavy atom. The largest absolute Gasteiger partial charge is 0.383 e. The first kappa shape index (κ1) is 15.3. The standard InChI is InChI=1S/C14H19F3N2O/c1-20-5-4-19(9-2-3-9)14(8-18)10-6-12(16)13(17)7-11(10)15/h6-7,9,14H,2-5,8,18H2,1H3. The predicted octanol–water partition coefficient (Wildman–Crippen LogP) is 2.21. The van der Waals surface area contributed by atoms with Crippen LogP contribution < -0.4 is 5.73 Å². The van der Waals surface area contributed by atoms with Gasteiger partial charge in [-0.2, -0.15) is 0 Å². The summed E-state index contributed by atoms with van der Waals surface area (Å²) < 4.78 is 45.3. The van der Waals surface area contributed by atoms with Crippen molar-refractivity contribution in [2.24, 2.45) is 5.73 Å². The van der Waals surface area contributed by atoms with Gasteiger partial charge in [-0.25, -0.2) is 13.2 Å². The first-order chi connectivity index (χ1) is 9.58. The van der Waals surface area contributed by atoms with Crippen LogP contribution >= 0.6 is 0 Å². The molecule has 1 atom stereocenters. The summed E-state index contributed by atoms with van der Waals surface area (Å²) in [6.45, 7) is 1.21. The van der Waals surface area contributed by atoms with Crippen LogP contribution in [-0.2, 0) is 4.74 Å². The Morgan fingerprint density at radius 2 is 1.90 bits per heavy atom. The van der Waals surface area contributed by atoms with Crippen LogP contribution in [0.25, 0.3) is 0 Å². The van der Waals surface area contributed by atoms with E-state index in [1.165, 1.54) is 0 Å². The zero-order chi connectivity index (χ0) is 14.7. The lowest BCUT2D eigenvalue weighted by molar-refractivity contribution is 0.114. The molecule has 2 N–H and O–H groups in total. The van der Waals surface area contributed by atoms with Crippen LogP contribution in [-0.4, -0.2) is 37.7 Å². The molecule has 1 aliphatic rings. The molecular formula is C14H19F3N2O. The minimum absolute atomic E-state index is 0.106. The van der Waals surface area contributed by atoms with Crippen molar-refractivity contribution in [3.8, 4) is 0 Å². The number of nitrogens with zero attached hydrogens (tertiary/aromatic N) is 1. The minimum atomic E-state index is -1.18. The lowest BCUT2D eigenvalue weighted by Crippen LogP contribution is -2.38. The highest BCUT2D eigenvalue weighted by Gasteiger charge is 2.35. The van der Waals surface area contributed by atoms with E-state index < -0.39 is 23.5 Å². The van der Waals surface area contributed by atoms with Crippen molar-refractivity contribution in [3.05, 3.63) is 35.1 Å². The molecule has 1 unspecified atom stereocenters. The molecule has 1 aliphatic carbocycles. The second kappa shape index (κ2) is 6.56. The third-order valence-electron chi connectivity index (χ3n) is 3.59. The van der Waals surface area contributed by atoms with Gasteiger partial charge < -0.3 is 10.5 Å². The normalized spacial score (nSPS) is 16.7. The van der Waals surface area contributed by atoms with Crippen molar-refractivity contribution in [1.82, 2.24) is 4.90 Å². The molecule has 1 fully saturated rings. The Hall–Kier alpha value is -1.11. The summed E-state index contributed by atoms with van der Waals surface area (Å²) in [6.07, 6.45) is 2.01. The van der Waals surface area contributed by atoms with Crippen LogP contribution in [0.3, 0.4) is 0 Å². The first-order valence-electron chi connectivity index (χ1n) is 6.67. The van der Waals surface area contributed by atoms with E-state index in [-0.39, 0.29) is 12.1 Å². The fraction of sp³-hybridized carbons (Fsp3) is 0.571. The van der Waals surface area contributed by atoms with E-state index in [0.717, 1.165) is 18.9 Å². The average Bonchev–Trinajstić information content (AvgIpc) is 3.24. The van der Waals surface area contributed by atoms with E-state index in [1.54, 1.807) is 7.11 Å². The molecule has 2 rings (SSSR count). The molecule has 1 aromatic rings. The van der Waals surface area contributed by atoms with Gasteiger partial charge >= 0.3 is 0 Å². The molecule has 0 radical (unpaired) electrons. The molecule has 0 aromatic heterocycles. The minimum Gasteiger partial charge on any atom is -0.383 e. The topological polar surface area (TPSA) is 38.5 Å². The summed E-state index contributed by atoms with van der Waals surface area (Å²) in [6, 6.07) is 1.33. The molecule has 3 nitrogen and oxygen atoms in total. The number of nitrogens with two attached hydrogens (primary N) is 1. The van der Waals surface area contributed by atoms with Crippen LogP contribution in [0.2, 0.25) is 0 Å². The third-order valence-corrected chi connectivity index (χ3v) is 3.59. The molecule has 6 heteroatoms. The monoisotopic (exact) mass is 288 g/mol. The summed E-state index contributed by atoms with van der Waals surface area (Å²) in [5.41, 5.74) is 5.84. The quantitative estimate of drug-likeness (QED) is 0.782. The van der Waals surface area contributed by atoms with Crippen molar-refractivity contribution in [3.63, 3.8) is 0 Å². The van der Waals surface area contributed by atoms with Crippen molar-refractivity contribution in [2.75, 3.05) is 26.8 Å². The highest BCUT2D eigenvalue weighted by atomic mass is 19.2. The van der Waals surface area contributed by atoms with Gasteiger partial charge in [-0.1, -0.05) is 0 Å². The van der Waals surface area contributed by atoms with E-state index in [4.69, 9.17) is 10.5 Å². The lowest BCUT2D eigenvalue weighted by Gasteiger charge is -2.31. The van der Waals surface area contributed by atoms with Crippen molar-refractivity contribution >= 4 is 0 Å². The molecule has 0 amide bonds. The van der Waals surface area contributed by atoms with E-state index in [9.17, 15) is 13.2 Å². The summed E-state index contributed by atoms with van der Waals surface area (Å²) >= 11 is 0. The average molecular weight is 288 g/mol. The van der Waals surface area contributed by atoms with E-state index in [1.807, 2.05) is 4.90 Å². The summed E-state index contributed by atoms with van der Waals surface area (Å²) in [4.78, 5) is 2.01. The Morgan fingerprint density at radius 3 is 2.45 bits per heavy atom. The predicted molar refractivity (Wildman–Crippen MR) is 69.7 cm³/mol. The molecule has 1 saturated carbocycles. The molecule has 20 heavy (non-hydrogen) atoms. The Balaban J connectivity index is 2.27. The second-order valence-electron chi connectivity index (χ2n) is 5.00. The number of ether oxygens (including phenoxy) is 1. The van der Waals surface area contributed by atoms with Crippen molar-refractivity contribution in [1.29, 1.82) is 0 Å². The first-order valence-corrected chi connectivity index (χ1v) is 6.67. The van der Waals surface area contributed by atoms with E-state index in [0.29, 0.717) is 25.3 Å². The van der Waals surface area contributed by atoms with Crippen molar-refractivity contribution in [2.45, 2.75) is 24.9 Å². The number of hydrogen-bond acceptors (Lipinski definition) is 3. The second-order valence-corrected chi connectivity index (χ2v) is 5.00. The summed E-state index contributed by atoms with van der Waals surface area (Å²) in [7, 11) is 1.58. The number of hydrogen-bond donors (Lipinski definition) is 1. The highest BCUT2D eigenvalue weighted by Crippen LogP contribution is 2.35. The zero-order valence-corrected chi connectivity index (χ0v) is 11.4. The molecule has 0 saturated heterocycles. The lowest BCUT2D eigenvalue weighted by atomic mass is 10.0. The number of halogens is 3. The molecule has 112 valence electrons. The van der Waals surface area contributed by atoms with Gasteiger partial charge in [0.15, 0.2) is 11.6 Å². The molecule has 0 heterocycles. The SMILES string of the molecule is COCCN(C1CC1)C(CN)c1cc(F)c(F)cc1F. The third kappa shape index (κ3) is 3.31. The Kier molecular flexibility index (Phi) is 5.01. The van der Waals surface area contributed by atoms with Crippen LogP contribution in [0.1, 0.15) is 24.4 Å².